The monoisotopic (exact) mass is 271 g/mol. The first-order valence-corrected chi connectivity index (χ1v) is 5.95. The fourth-order valence-corrected chi connectivity index (χ4v) is 1.99. The summed E-state index contributed by atoms with van der Waals surface area (Å²) in [6.45, 7) is 3.39. The molecule has 0 radical (unpaired) electrons. The van der Waals surface area contributed by atoms with Gasteiger partial charge in [0, 0.05) is 18.8 Å². The van der Waals surface area contributed by atoms with Gasteiger partial charge < -0.3 is 15.2 Å². The number of carbonyl (C=O) groups excluding carboxylic acids is 1. The summed E-state index contributed by atoms with van der Waals surface area (Å²) in [6, 6.07) is 3.01. The predicted molar refractivity (Wildman–Crippen MR) is 73.3 cm³/mol. The third kappa shape index (κ3) is 3.34. The number of hydrogen-bond donors (Lipinski definition) is 2. The standard InChI is InChI=1S/C12H17N3O2.ClH/c1-2-15-8-9(5-6-11(15)16)14-12(17)10-4-3-7-13-10;/h5-6,8,10,13H,2-4,7H2,1H3,(H,14,17);1H. The number of carbonyl (C=O) groups is 1. The fraction of sp³-hybridized carbons (Fsp3) is 0.500. The number of anilines is 1. The number of aryl methyl sites for hydroxylation is 1. The Morgan fingerprint density at radius 2 is 2.33 bits per heavy atom. The van der Waals surface area contributed by atoms with Crippen molar-refractivity contribution >= 4 is 24.0 Å². The quantitative estimate of drug-likeness (QED) is 0.861. The van der Waals surface area contributed by atoms with E-state index in [1.807, 2.05) is 6.92 Å². The van der Waals surface area contributed by atoms with Crippen LogP contribution in [0, 0.1) is 0 Å². The lowest BCUT2D eigenvalue weighted by Crippen LogP contribution is -2.35. The molecule has 1 unspecified atom stereocenters. The van der Waals surface area contributed by atoms with Gasteiger partial charge in [0.2, 0.25) is 5.91 Å². The summed E-state index contributed by atoms with van der Waals surface area (Å²) >= 11 is 0. The Bertz CT molecular complexity index is 467. The average Bonchev–Trinajstić information content (AvgIpc) is 2.85. The summed E-state index contributed by atoms with van der Waals surface area (Å²) < 4.78 is 1.57. The molecule has 1 aromatic heterocycles. The van der Waals surface area contributed by atoms with Crippen molar-refractivity contribution in [3.63, 3.8) is 0 Å². The van der Waals surface area contributed by atoms with Crippen molar-refractivity contribution in [2.45, 2.75) is 32.4 Å². The first-order chi connectivity index (χ1) is 8.20. The van der Waals surface area contributed by atoms with Crippen LogP contribution in [0.1, 0.15) is 19.8 Å². The van der Waals surface area contributed by atoms with Gasteiger partial charge in [0.1, 0.15) is 0 Å². The largest absolute Gasteiger partial charge is 0.323 e. The van der Waals surface area contributed by atoms with E-state index in [4.69, 9.17) is 0 Å². The van der Waals surface area contributed by atoms with Crippen molar-refractivity contribution < 1.29 is 4.79 Å². The highest BCUT2D eigenvalue weighted by atomic mass is 35.5. The highest BCUT2D eigenvalue weighted by molar-refractivity contribution is 5.94. The highest BCUT2D eigenvalue weighted by Gasteiger charge is 2.21. The highest BCUT2D eigenvalue weighted by Crippen LogP contribution is 2.09. The Morgan fingerprint density at radius 1 is 1.56 bits per heavy atom. The van der Waals surface area contributed by atoms with Gasteiger partial charge in [-0.25, -0.2) is 0 Å². The molecule has 100 valence electrons. The van der Waals surface area contributed by atoms with Gasteiger partial charge in [-0.3, -0.25) is 9.59 Å². The number of hydrogen-bond acceptors (Lipinski definition) is 3. The zero-order valence-corrected chi connectivity index (χ0v) is 11.1. The molecule has 5 nitrogen and oxygen atoms in total. The van der Waals surface area contributed by atoms with Crippen molar-refractivity contribution in [1.29, 1.82) is 0 Å². The van der Waals surface area contributed by atoms with Crippen LogP contribution in [0.5, 0.6) is 0 Å². The van der Waals surface area contributed by atoms with Gasteiger partial charge in [0.15, 0.2) is 0 Å². The van der Waals surface area contributed by atoms with Crippen LogP contribution in [0.15, 0.2) is 23.1 Å². The van der Waals surface area contributed by atoms with E-state index >= 15 is 0 Å². The van der Waals surface area contributed by atoms with Crippen LogP contribution in [0.3, 0.4) is 0 Å². The second-order valence-corrected chi connectivity index (χ2v) is 4.18. The van der Waals surface area contributed by atoms with E-state index in [1.54, 1.807) is 16.8 Å². The van der Waals surface area contributed by atoms with E-state index in [0.717, 1.165) is 19.4 Å². The number of nitrogens with one attached hydrogen (secondary N) is 2. The zero-order chi connectivity index (χ0) is 12.3. The van der Waals surface area contributed by atoms with Gasteiger partial charge in [-0.15, -0.1) is 12.4 Å². The number of pyridine rings is 1. The average molecular weight is 272 g/mol. The number of rotatable bonds is 3. The van der Waals surface area contributed by atoms with Crippen LogP contribution in [-0.4, -0.2) is 23.1 Å². The molecule has 0 saturated carbocycles. The molecule has 18 heavy (non-hydrogen) atoms. The molecule has 0 aliphatic carbocycles. The Labute approximate surface area is 112 Å². The van der Waals surface area contributed by atoms with Gasteiger partial charge >= 0.3 is 0 Å². The maximum absolute atomic E-state index is 11.8. The fourth-order valence-electron chi connectivity index (χ4n) is 1.99. The summed E-state index contributed by atoms with van der Waals surface area (Å²) in [5, 5.41) is 5.96. The Balaban J connectivity index is 0.00000162. The molecule has 2 heterocycles. The lowest BCUT2D eigenvalue weighted by atomic mass is 10.2. The van der Waals surface area contributed by atoms with E-state index in [9.17, 15) is 9.59 Å². The van der Waals surface area contributed by atoms with Gasteiger partial charge in [-0.05, 0) is 32.4 Å². The van der Waals surface area contributed by atoms with E-state index in [0.29, 0.717) is 12.2 Å². The molecule has 0 aromatic carbocycles. The molecule has 1 atom stereocenters. The van der Waals surface area contributed by atoms with Crippen LogP contribution in [0.4, 0.5) is 5.69 Å². The molecule has 1 fully saturated rings. The molecule has 1 amide bonds. The Hall–Kier alpha value is -1.33. The molecule has 6 heteroatoms. The van der Waals surface area contributed by atoms with Crippen LogP contribution >= 0.6 is 12.4 Å². The van der Waals surface area contributed by atoms with Crippen LogP contribution in [0.25, 0.3) is 0 Å². The van der Waals surface area contributed by atoms with Gasteiger partial charge in [-0.1, -0.05) is 0 Å². The molecule has 1 aliphatic heterocycles. The van der Waals surface area contributed by atoms with E-state index < -0.39 is 0 Å². The zero-order valence-electron chi connectivity index (χ0n) is 10.3. The van der Waals surface area contributed by atoms with Gasteiger partial charge in [0.25, 0.3) is 5.56 Å². The first-order valence-electron chi connectivity index (χ1n) is 5.95. The molecular formula is C12H18ClN3O2. The lowest BCUT2D eigenvalue weighted by Gasteiger charge is -2.12. The summed E-state index contributed by atoms with van der Waals surface area (Å²) in [6.07, 6.45) is 3.58. The third-order valence-electron chi connectivity index (χ3n) is 2.97. The molecule has 1 saturated heterocycles. The van der Waals surface area contributed by atoms with Gasteiger partial charge in [0.05, 0.1) is 11.7 Å². The van der Waals surface area contributed by atoms with Crippen LogP contribution in [-0.2, 0) is 11.3 Å². The molecule has 2 rings (SSSR count). The predicted octanol–water partition coefficient (Wildman–Crippen LogP) is 0.980. The molecular weight excluding hydrogens is 254 g/mol. The second-order valence-electron chi connectivity index (χ2n) is 4.18. The van der Waals surface area contributed by atoms with Crippen molar-refractivity contribution in [2.75, 3.05) is 11.9 Å². The summed E-state index contributed by atoms with van der Waals surface area (Å²) in [5.41, 5.74) is 0.620. The second kappa shape index (κ2) is 6.56. The van der Waals surface area contributed by atoms with Gasteiger partial charge in [-0.2, -0.15) is 0 Å². The minimum absolute atomic E-state index is 0. The minimum Gasteiger partial charge on any atom is -0.323 e. The topological polar surface area (TPSA) is 63.1 Å². The number of aromatic nitrogens is 1. The minimum atomic E-state index is -0.1000. The van der Waals surface area contributed by atoms with E-state index in [-0.39, 0.29) is 29.9 Å². The maximum atomic E-state index is 11.8. The normalized spacial score (nSPS) is 18.2. The molecule has 0 bridgehead atoms. The van der Waals surface area contributed by atoms with Crippen LogP contribution in [0.2, 0.25) is 0 Å². The van der Waals surface area contributed by atoms with Crippen LogP contribution < -0.4 is 16.2 Å². The summed E-state index contributed by atoms with van der Waals surface area (Å²) in [4.78, 5) is 23.2. The molecule has 1 aromatic rings. The summed E-state index contributed by atoms with van der Waals surface area (Å²) in [7, 11) is 0. The Morgan fingerprint density at radius 3 is 2.94 bits per heavy atom. The van der Waals surface area contributed by atoms with Crippen molar-refractivity contribution in [3.8, 4) is 0 Å². The Kier molecular flexibility index (Phi) is 5.37. The summed E-state index contributed by atoms with van der Waals surface area (Å²) in [5.74, 6) is -0.0243. The molecule has 2 N–H and O–H groups in total. The third-order valence-corrected chi connectivity index (χ3v) is 2.97. The smallest absolute Gasteiger partial charge is 0.250 e. The maximum Gasteiger partial charge on any atom is 0.250 e. The lowest BCUT2D eigenvalue weighted by molar-refractivity contribution is -0.117. The van der Waals surface area contributed by atoms with Crippen molar-refractivity contribution in [1.82, 2.24) is 9.88 Å². The number of nitrogens with zero attached hydrogens (tertiary/aromatic N) is 1. The number of amides is 1. The molecule has 1 aliphatic rings. The van der Waals surface area contributed by atoms with Crippen molar-refractivity contribution in [2.24, 2.45) is 0 Å². The van der Waals surface area contributed by atoms with E-state index in [2.05, 4.69) is 10.6 Å². The SMILES string of the molecule is CCn1cc(NC(=O)C2CCCN2)ccc1=O.Cl. The van der Waals surface area contributed by atoms with E-state index in [1.165, 1.54) is 6.07 Å². The van der Waals surface area contributed by atoms with Crippen molar-refractivity contribution in [3.05, 3.63) is 28.7 Å². The molecule has 0 spiro atoms. The first kappa shape index (κ1) is 14.7. The number of halogens is 1.